The number of fused-ring (bicyclic) bond motifs is 1. The maximum atomic E-state index is 12.6. The van der Waals surface area contributed by atoms with Crippen LogP contribution in [0.4, 0.5) is 5.69 Å². The average molecular weight is 361 g/mol. The summed E-state index contributed by atoms with van der Waals surface area (Å²) >= 11 is 0. The van der Waals surface area contributed by atoms with Crippen LogP contribution in [0.15, 0.2) is 29.7 Å². The Kier molecular flexibility index (Phi) is 3.91. The molecule has 0 aliphatic carbocycles. The van der Waals surface area contributed by atoms with Crippen molar-refractivity contribution < 1.29 is 18.3 Å². The first kappa shape index (κ1) is 16.8. The number of carboxylic acids is 1. The third kappa shape index (κ3) is 3.03. The van der Waals surface area contributed by atoms with E-state index in [4.69, 9.17) is 0 Å². The standard InChI is InChI=1S/C15H15N5O4S/c1-8-6-16-14-17-15(18-20(14)7-8)25(23,24)19-12-10(3)9(2)4-5-11(12)13(21)22/h4-7,19H,1-3H3,(H,21,22). The highest BCUT2D eigenvalue weighted by atomic mass is 32.2. The quantitative estimate of drug-likeness (QED) is 0.722. The summed E-state index contributed by atoms with van der Waals surface area (Å²) in [5.41, 5.74) is 1.90. The van der Waals surface area contributed by atoms with E-state index in [-0.39, 0.29) is 17.0 Å². The lowest BCUT2D eigenvalue weighted by Gasteiger charge is -2.13. The Bertz CT molecular complexity index is 1100. The van der Waals surface area contributed by atoms with Crippen molar-refractivity contribution in [2.45, 2.75) is 25.9 Å². The van der Waals surface area contributed by atoms with Gasteiger partial charge in [-0.05, 0) is 43.5 Å². The molecule has 0 fully saturated rings. The van der Waals surface area contributed by atoms with Crippen molar-refractivity contribution in [1.29, 1.82) is 0 Å². The predicted molar refractivity (Wildman–Crippen MR) is 89.2 cm³/mol. The number of benzene rings is 1. The van der Waals surface area contributed by atoms with Gasteiger partial charge >= 0.3 is 5.97 Å². The van der Waals surface area contributed by atoms with E-state index in [1.807, 2.05) is 0 Å². The van der Waals surface area contributed by atoms with Gasteiger partial charge in [-0.3, -0.25) is 4.72 Å². The van der Waals surface area contributed by atoms with Crippen molar-refractivity contribution in [2.75, 3.05) is 4.72 Å². The summed E-state index contributed by atoms with van der Waals surface area (Å²) in [6.45, 7) is 5.19. The highest BCUT2D eigenvalue weighted by Crippen LogP contribution is 2.26. The third-order valence-electron chi connectivity index (χ3n) is 3.75. The number of aromatic carboxylic acids is 1. The molecule has 10 heteroatoms. The lowest BCUT2D eigenvalue weighted by molar-refractivity contribution is 0.0698. The molecule has 2 aromatic heterocycles. The van der Waals surface area contributed by atoms with E-state index in [2.05, 4.69) is 19.8 Å². The Morgan fingerprint density at radius 1 is 1.24 bits per heavy atom. The first-order chi connectivity index (χ1) is 11.7. The van der Waals surface area contributed by atoms with Gasteiger partial charge in [0.1, 0.15) is 0 Å². The summed E-state index contributed by atoms with van der Waals surface area (Å²) in [7, 11) is -4.18. The number of sulfonamides is 1. The lowest BCUT2D eigenvalue weighted by atomic mass is 10.0. The summed E-state index contributed by atoms with van der Waals surface area (Å²) in [5, 5.41) is 12.7. The topological polar surface area (TPSA) is 127 Å². The molecule has 0 bridgehead atoms. The predicted octanol–water partition coefficient (Wildman–Crippen LogP) is 1.55. The smallest absolute Gasteiger partial charge is 0.337 e. The summed E-state index contributed by atoms with van der Waals surface area (Å²) in [5.74, 6) is -1.11. The van der Waals surface area contributed by atoms with E-state index in [1.54, 1.807) is 39.2 Å². The van der Waals surface area contributed by atoms with Crippen molar-refractivity contribution in [2.24, 2.45) is 0 Å². The molecule has 0 aliphatic rings. The number of anilines is 1. The molecule has 0 unspecified atom stereocenters. The second-order valence-corrected chi connectivity index (χ2v) is 7.19. The van der Waals surface area contributed by atoms with Crippen molar-refractivity contribution in [3.05, 3.63) is 46.8 Å². The second kappa shape index (κ2) is 5.81. The van der Waals surface area contributed by atoms with Gasteiger partial charge in [-0.25, -0.2) is 14.3 Å². The maximum absolute atomic E-state index is 12.6. The van der Waals surface area contributed by atoms with Gasteiger partial charge in [0.25, 0.3) is 21.0 Å². The second-order valence-electron chi connectivity index (χ2n) is 5.61. The van der Waals surface area contributed by atoms with Crippen molar-refractivity contribution in [3.8, 4) is 0 Å². The minimum Gasteiger partial charge on any atom is -0.478 e. The SMILES string of the molecule is Cc1cnc2nc(S(=O)(=O)Nc3c(C(=O)O)ccc(C)c3C)nn2c1. The average Bonchev–Trinajstić information content (AvgIpc) is 2.95. The van der Waals surface area contributed by atoms with Crippen molar-refractivity contribution >= 4 is 27.5 Å². The third-order valence-corrected chi connectivity index (χ3v) is 4.87. The van der Waals surface area contributed by atoms with Crippen LogP contribution < -0.4 is 4.72 Å². The number of hydrogen-bond donors (Lipinski definition) is 2. The summed E-state index contributed by atoms with van der Waals surface area (Å²) < 4.78 is 28.8. The van der Waals surface area contributed by atoms with Crippen LogP contribution in [-0.4, -0.2) is 39.1 Å². The highest BCUT2D eigenvalue weighted by molar-refractivity contribution is 7.92. The zero-order valence-corrected chi connectivity index (χ0v) is 14.5. The number of carboxylic acid groups (broad SMARTS) is 1. The van der Waals surface area contributed by atoms with Crippen LogP contribution in [0.1, 0.15) is 27.0 Å². The fourth-order valence-electron chi connectivity index (χ4n) is 2.28. The molecule has 0 radical (unpaired) electrons. The van der Waals surface area contributed by atoms with Crippen molar-refractivity contribution in [3.63, 3.8) is 0 Å². The minimum absolute atomic E-state index is 0.00417. The molecule has 2 heterocycles. The van der Waals surface area contributed by atoms with Crippen molar-refractivity contribution in [1.82, 2.24) is 19.6 Å². The van der Waals surface area contributed by atoms with Crippen LogP contribution >= 0.6 is 0 Å². The molecular weight excluding hydrogens is 346 g/mol. The van der Waals surface area contributed by atoms with Gasteiger partial charge < -0.3 is 5.11 Å². The zero-order chi connectivity index (χ0) is 18.4. The lowest BCUT2D eigenvalue weighted by Crippen LogP contribution is -2.18. The fraction of sp³-hybridized carbons (Fsp3) is 0.200. The van der Waals surface area contributed by atoms with Gasteiger partial charge in [-0.1, -0.05) is 6.07 Å². The molecule has 0 saturated heterocycles. The van der Waals surface area contributed by atoms with Gasteiger partial charge in [0.05, 0.1) is 11.3 Å². The van der Waals surface area contributed by atoms with Crippen LogP contribution in [0.2, 0.25) is 0 Å². The number of carbonyl (C=O) groups is 1. The molecule has 3 aromatic rings. The van der Waals surface area contributed by atoms with Gasteiger partial charge in [0, 0.05) is 12.4 Å². The van der Waals surface area contributed by atoms with E-state index < -0.39 is 21.1 Å². The number of aryl methyl sites for hydroxylation is 2. The Balaban J connectivity index is 2.10. The van der Waals surface area contributed by atoms with Gasteiger partial charge in [0.15, 0.2) is 0 Å². The fourth-order valence-corrected chi connectivity index (χ4v) is 3.30. The number of rotatable bonds is 4. The Morgan fingerprint density at radius 3 is 2.64 bits per heavy atom. The largest absolute Gasteiger partial charge is 0.478 e. The van der Waals surface area contributed by atoms with Gasteiger partial charge in [0.2, 0.25) is 0 Å². The summed E-state index contributed by atoms with van der Waals surface area (Å²) in [4.78, 5) is 19.3. The zero-order valence-electron chi connectivity index (χ0n) is 13.7. The number of hydrogen-bond acceptors (Lipinski definition) is 6. The molecule has 9 nitrogen and oxygen atoms in total. The van der Waals surface area contributed by atoms with Gasteiger partial charge in [-0.15, -0.1) is 5.10 Å². The molecule has 0 aliphatic heterocycles. The molecule has 0 saturated carbocycles. The van der Waals surface area contributed by atoms with Crippen LogP contribution in [0.3, 0.4) is 0 Å². The molecule has 0 atom stereocenters. The molecule has 25 heavy (non-hydrogen) atoms. The van der Waals surface area contributed by atoms with E-state index in [1.165, 1.54) is 10.6 Å². The molecule has 0 amide bonds. The van der Waals surface area contributed by atoms with Gasteiger partial charge in [-0.2, -0.15) is 13.4 Å². The molecule has 0 spiro atoms. The first-order valence-corrected chi connectivity index (χ1v) is 8.72. The molecular formula is C15H15N5O4S. The monoisotopic (exact) mass is 361 g/mol. The van der Waals surface area contributed by atoms with Crippen LogP contribution in [-0.2, 0) is 10.0 Å². The maximum Gasteiger partial charge on any atom is 0.337 e. The number of aromatic nitrogens is 4. The Hall–Kier alpha value is -3.01. The van der Waals surface area contributed by atoms with Crippen LogP contribution in [0.25, 0.3) is 5.78 Å². The van der Waals surface area contributed by atoms with Crippen LogP contribution in [0, 0.1) is 20.8 Å². The normalized spacial score (nSPS) is 11.6. The molecule has 2 N–H and O–H groups in total. The Labute approximate surface area is 143 Å². The number of nitrogens with zero attached hydrogens (tertiary/aromatic N) is 4. The van der Waals surface area contributed by atoms with E-state index in [0.717, 1.165) is 11.1 Å². The summed E-state index contributed by atoms with van der Waals surface area (Å²) in [6.07, 6.45) is 3.13. The number of nitrogens with one attached hydrogen (secondary N) is 1. The highest BCUT2D eigenvalue weighted by Gasteiger charge is 2.25. The molecule has 1 aromatic carbocycles. The van der Waals surface area contributed by atoms with E-state index >= 15 is 0 Å². The minimum atomic E-state index is -4.18. The molecule has 3 rings (SSSR count). The molecule has 130 valence electrons. The summed E-state index contributed by atoms with van der Waals surface area (Å²) in [6, 6.07) is 2.97. The Morgan fingerprint density at radius 2 is 1.96 bits per heavy atom. The first-order valence-electron chi connectivity index (χ1n) is 7.24. The van der Waals surface area contributed by atoms with Crippen LogP contribution in [0.5, 0.6) is 0 Å². The van der Waals surface area contributed by atoms with E-state index in [9.17, 15) is 18.3 Å². The van der Waals surface area contributed by atoms with E-state index in [0.29, 0.717) is 5.56 Å².